The Kier molecular flexibility index (Phi) is 5.03. The SMILES string of the molecule is CCCC1(C(=O)Nc2ccc(Br)cc2Br)CCCN1. The van der Waals surface area contributed by atoms with Crippen molar-refractivity contribution in [2.75, 3.05) is 11.9 Å². The smallest absolute Gasteiger partial charge is 0.244 e. The van der Waals surface area contributed by atoms with Gasteiger partial charge in [0.15, 0.2) is 0 Å². The van der Waals surface area contributed by atoms with E-state index in [1.165, 1.54) is 0 Å². The molecule has 0 radical (unpaired) electrons. The maximum absolute atomic E-state index is 12.6. The molecule has 104 valence electrons. The van der Waals surface area contributed by atoms with Gasteiger partial charge in [-0.05, 0) is 59.9 Å². The second-order valence-electron chi connectivity index (χ2n) is 4.94. The third-order valence-corrected chi connectivity index (χ3v) is 4.68. The van der Waals surface area contributed by atoms with Crippen LogP contribution in [0.2, 0.25) is 0 Å². The molecule has 19 heavy (non-hydrogen) atoms. The molecule has 1 aromatic rings. The average Bonchev–Trinajstić information content (AvgIpc) is 2.83. The molecular formula is C14H18Br2N2O. The molecule has 0 bridgehead atoms. The molecule has 1 saturated heterocycles. The minimum Gasteiger partial charge on any atom is -0.323 e. The van der Waals surface area contributed by atoms with Gasteiger partial charge in [0.25, 0.3) is 0 Å². The van der Waals surface area contributed by atoms with Crippen LogP contribution in [0.3, 0.4) is 0 Å². The maximum Gasteiger partial charge on any atom is 0.244 e. The van der Waals surface area contributed by atoms with Crippen molar-refractivity contribution in [2.24, 2.45) is 0 Å². The van der Waals surface area contributed by atoms with E-state index in [2.05, 4.69) is 49.4 Å². The van der Waals surface area contributed by atoms with E-state index in [4.69, 9.17) is 0 Å². The minimum atomic E-state index is -0.388. The van der Waals surface area contributed by atoms with Gasteiger partial charge >= 0.3 is 0 Å². The number of hydrogen-bond donors (Lipinski definition) is 2. The lowest BCUT2D eigenvalue weighted by Gasteiger charge is -2.28. The number of anilines is 1. The predicted octanol–water partition coefficient (Wildman–Crippen LogP) is 4.07. The quantitative estimate of drug-likeness (QED) is 0.814. The summed E-state index contributed by atoms with van der Waals surface area (Å²) in [7, 11) is 0. The van der Waals surface area contributed by atoms with Crippen molar-refractivity contribution in [1.29, 1.82) is 0 Å². The molecule has 1 unspecified atom stereocenters. The lowest BCUT2D eigenvalue weighted by atomic mass is 9.91. The molecule has 0 spiro atoms. The molecule has 3 nitrogen and oxygen atoms in total. The first-order chi connectivity index (χ1) is 9.07. The highest BCUT2D eigenvalue weighted by Crippen LogP contribution is 2.30. The highest BCUT2D eigenvalue weighted by molar-refractivity contribution is 9.11. The summed E-state index contributed by atoms with van der Waals surface area (Å²) in [6.45, 7) is 3.04. The Morgan fingerprint density at radius 1 is 1.47 bits per heavy atom. The minimum absolute atomic E-state index is 0.0786. The molecule has 0 aromatic heterocycles. The Balaban J connectivity index is 2.15. The van der Waals surface area contributed by atoms with Gasteiger partial charge in [0.2, 0.25) is 5.91 Å². The zero-order chi connectivity index (χ0) is 13.9. The monoisotopic (exact) mass is 388 g/mol. The van der Waals surface area contributed by atoms with Crippen molar-refractivity contribution in [3.8, 4) is 0 Å². The molecule has 0 aliphatic carbocycles. The Labute approximate surface area is 130 Å². The first-order valence-electron chi connectivity index (χ1n) is 6.59. The number of halogens is 2. The fourth-order valence-electron chi connectivity index (χ4n) is 2.59. The van der Waals surface area contributed by atoms with Crippen LogP contribution in [0.25, 0.3) is 0 Å². The van der Waals surface area contributed by atoms with Crippen LogP contribution in [0.4, 0.5) is 5.69 Å². The standard InChI is InChI=1S/C14H18Br2N2O/c1-2-6-14(7-3-8-17-14)13(19)18-12-5-4-10(15)9-11(12)16/h4-5,9,17H,2-3,6-8H2,1H3,(H,18,19). The fraction of sp³-hybridized carbons (Fsp3) is 0.500. The van der Waals surface area contributed by atoms with Crippen LogP contribution in [-0.4, -0.2) is 18.0 Å². The highest BCUT2D eigenvalue weighted by atomic mass is 79.9. The Morgan fingerprint density at radius 3 is 2.84 bits per heavy atom. The first-order valence-corrected chi connectivity index (χ1v) is 8.17. The van der Waals surface area contributed by atoms with Crippen molar-refractivity contribution in [2.45, 2.75) is 38.1 Å². The topological polar surface area (TPSA) is 41.1 Å². The Morgan fingerprint density at radius 2 is 2.26 bits per heavy atom. The molecule has 1 aliphatic heterocycles. The van der Waals surface area contributed by atoms with Crippen molar-refractivity contribution in [3.63, 3.8) is 0 Å². The van der Waals surface area contributed by atoms with E-state index < -0.39 is 0 Å². The van der Waals surface area contributed by atoms with E-state index in [0.717, 1.165) is 46.9 Å². The van der Waals surface area contributed by atoms with Crippen LogP contribution in [0.1, 0.15) is 32.6 Å². The molecular weight excluding hydrogens is 372 g/mol. The van der Waals surface area contributed by atoms with E-state index in [-0.39, 0.29) is 11.4 Å². The first kappa shape index (κ1) is 15.0. The number of carbonyl (C=O) groups is 1. The van der Waals surface area contributed by atoms with Crippen LogP contribution >= 0.6 is 31.9 Å². The number of benzene rings is 1. The summed E-state index contributed by atoms with van der Waals surface area (Å²) >= 11 is 6.88. The zero-order valence-corrected chi connectivity index (χ0v) is 14.1. The molecule has 1 aromatic carbocycles. The van der Waals surface area contributed by atoms with Gasteiger partial charge in [0.1, 0.15) is 0 Å². The summed E-state index contributed by atoms with van der Waals surface area (Å²) in [5.74, 6) is 0.0786. The number of nitrogens with one attached hydrogen (secondary N) is 2. The lowest BCUT2D eigenvalue weighted by molar-refractivity contribution is -0.122. The second kappa shape index (κ2) is 6.37. The molecule has 1 atom stereocenters. The third kappa shape index (κ3) is 3.38. The predicted molar refractivity (Wildman–Crippen MR) is 85.3 cm³/mol. The fourth-order valence-corrected chi connectivity index (χ4v) is 3.73. The molecule has 1 amide bonds. The van der Waals surface area contributed by atoms with Gasteiger partial charge in [-0.15, -0.1) is 0 Å². The van der Waals surface area contributed by atoms with Crippen LogP contribution in [0, 0.1) is 0 Å². The Hall–Kier alpha value is -0.390. The van der Waals surface area contributed by atoms with Crippen LogP contribution in [0.15, 0.2) is 27.1 Å². The van der Waals surface area contributed by atoms with Crippen molar-refractivity contribution in [1.82, 2.24) is 5.32 Å². The number of carbonyl (C=O) groups excluding carboxylic acids is 1. The van der Waals surface area contributed by atoms with E-state index in [0.29, 0.717) is 0 Å². The van der Waals surface area contributed by atoms with Crippen LogP contribution in [0.5, 0.6) is 0 Å². The van der Waals surface area contributed by atoms with Gasteiger partial charge in [-0.25, -0.2) is 0 Å². The second-order valence-corrected chi connectivity index (χ2v) is 6.71. The summed E-state index contributed by atoms with van der Waals surface area (Å²) in [6, 6.07) is 5.76. The Bertz CT molecular complexity index is 471. The summed E-state index contributed by atoms with van der Waals surface area (Å²) in [5.41, 5.74) is 0.429. The number of amides is 1. The van der Waals surface area contributed by atoms with E-state index in [1.807, 2.05) is 18.2 Å². The summed E-state index contributed by atoms with van der Waals surface area (Å²) in [6.07, 6.45) is 3.87. The molecule has 5 heteroatoms. The van der Waals surface area contributed by atoms with E-state index >= 15 is 0 Å². The lowest BCUT2D eigenvalue weighted by Crippen LogP contribution is -2.50. The van der Waals surface area contributed by atoms with Gasteiger partial charge in [0, 0.05) is 8.95 Å². The largest absolute Gasteiger partial charge is 0.323 e. The van der Waals surface area contributed by atoms with Gasteiger partial charge in [-0.2, -0.15) is 0 Å². The average molecular weight is 390 g/mol. The van der Waals surface area contributed by atoms with Crippen LogP contribution in [-0.2, 0) is 4.79 Å². The highest BCUT2D eigenvalue weighted by Gasteiger charge is 2.39. The summed E-state index contributed by atoms with van der Waals surface area (Å²) < 4.78 is 1.87. The van der Waals surface area contributed by atoms with Gasteiger partial charge in [-0.1, -0.05) is 29.3 Å². The van der Waals surface area contributed by atoms with Gasteiger partial charge in [-0.3, -0.25) is 4.79 Å². The van der Waals surface area contributed by atoms with Gasteiger partial charge < -0.3 is 10.6 Å². The number of rotatable bonds is 4. The molecule has 1 fully saturated rings. The summed E-state index contributed by atoms with van der Waals surface area (Å²) in [4.78, 5) is 12.6. The molecule has 0 saturated carbocycles. The van der Waals surface area contributed by atoms with E-state index in [9.17, 15) is 4.79 Å². The van der Waals surface area contributed by atoms with Crippen molar-refractivity contribution >= 4 is 43.5 Å². The third-order valence-electron chi connectivity index (χ3n) is 3.53. The maximum atomic E-state index is 12.6. The normalized spacial score (nSPS) is 22.5. The van der Waals surface area contributed by atoms with Crippen molar-refractivity contribution < 1.29 is 4.79 Å². The molecule has 2 rings (SSSR count). The number of hydrogen-bond acceptors (Lipinski definition) is 2. The van der Waals surface area contributed by atoms with Gasteiger partial charge in [0.05, 0.1) is 11.2 Å². The molecule has 1 aliphatic rings. The van der Waals surface area contributed by atoms with Crippen LogP contribution < -0.4 is 10.6 Å². The van der Waals surface area contributed by atoms with E-state index in [1.54, 1.807) is 0 Å². The zero-order valence-electron chi connectivity index (χ0n) is 10.9. The molecule has 2 N–H and O–H groups in total. The summed E-state index contributed by atoms with van der Waals surface area (Å²) in [5, 5.41) is 6.42. The molecule has 1 heterocycles. The van der Waals surface area contributed by atoms with Crippen molar-refractivity contribution in [3.05, 3.63) is 27.1 Å².